The monoisotopic (exact) mass is 555 g/mol. The molecular formula is C30H33N7O4. The Kier molecular flexibility index (Phi) is 8.23. The Morgan fingerprint density at radius 2 is 1.95 bits per heavy atom. The highest BCUT2D eigenvalue weighted by Crippen LogP contribution is 2.34. The zero-order chi connectivity index (χ0) is 28.9. The van der Waals surface area contributed by atoms with Crippen molar-refractivity contribution in [3.63, 3.8) is 0 Å². The number of nitrogens with zero attached hydrogens (tertiary/aromatic N) is 6. The van der Waals surface area contributed by atoms with E-state index in [1.54, 1.807) is 48.7 Å². The maximum absolute atomic E-state index is 13.9. The van der Waals surface area contributed by atoms with Crippen LogP contribution in [-0.4, -0.2) is 55.9 Å². The molecule has 3 aromatic heterocycles. The van der Waals surface area contributed by atoms with E-state index >= 15 is 0 Å². The quantitative estimate of drug-likeness (QED) is 0.454. The third-order valence-electron chi connectivity index (χ3n) is 7.21. The van der Waals surface area contributed by atoms with Gasteiger partial charge in [0.2, 0.25) is 0 Å². The first-order valence-corrected chi connectivity index (χ1v) is 13.6. The number of nitrogens with one attached hydrogen (secondary N) is 1. The number of hydrogen-bond donors (Lipinski definition) is 1. The number of aryl methyl sites for hydroxylation is 1. The van der Waals surface area contributed by atoms with E-state index in [-0.39, 0.29) is 18.1 Å². The van der Waals surface area contributed by atoms with Crippen molar-refractivity contribution in [1.29, 1.82) is 0 Å². The van der Waals surface area contributed by atoms with E-state index in [0.29, 0.717) is 52.8 Å². The number of carbonyl (C=O) groups excluding carboxylic acids is 2. The van der Waals surface area contributed by atoms with Gasteiger partial charge < -0.3 is 19.5 Å². The molecule has 0 aliphatic carbocycles. The number of piperazine rings is 1. The van der Waals surface area contributed by atoms with Crippen LogP contribution in [0.1, 0.15) is 38.2 Å². The van der Waals surface area contributed by atoms with Crippen LogP contribution in [0, 0.1) is 0 Å². The smallest absolute Gasteiger partial charge is 0.302 e. The highest BCUT2D eigenvalue weighted by molar-refractivity contribution is 6.06. The van der Waals surface area contributed by atoms with Crippen LogP contribution in [0.25, 0.3) is 11.1 Å². The van der Waals surface area contributed by atoms with Gasteiger partial charge in [-0.25, -0.2) is 15.0 Å². The van der Waals surface area contributed by atoms with Gasteiger partial charge in [-0.15, -0.1) is 0 Å². The number of hydrogen-bond acceptors (Lipinski definition) is 9. The van der Waals surface area contributed by atoms with Crippen LogP contribution in [0.2, 0.25) is 0 Å². The summed E-state index contributed by atoms with van der Waals surface area (Å²) >= 11 is 0. The summed E-state index contributed by atoms with van der Waals surface area (Å²) in [6.45, 7) is 7.30. The van der Waals surface area contributed by atoms with E-state index in [1.807, 2.05) is 6.08 Å². The summed E-state index contributed by atoms with van der Waals surface area (Å²) in [5, 5.41) is 3.06. The minimum absolute atomic E-state index is 0.0927. The summed E-state index contributed by atoms with van der Waals surface area (Å²) in [4.78, 5) is 55.2. The van der Waals surface area contributed by atoms with Crippen LogP contribution < -0.4 is 15.8 Å². The molecule has 212 valence electrons. The van der Waals surface area contributed by atoms with Crippen LogP contribution in [0.15, 0.2) is 71.8 Å². The van der Waals surface area contributed by atoms with Crippen molar-refractivity contribution >= 4 is 29.2 Å². The van der Waals surface area contributed by atoms with Crippen LogP contribution in [0.3, 0.4) is 0 Å². The summed E-state index contributed by atoms with van der Waals surface area (Å²) in [5.41, 5.74) is 3.52. The van der Waals surface area contributed by atoms with Crippen LogP contribution in [0.4, 0.5) is 17.3 Å². The predicted octanol–water partition coefficient (Wildman–Crippen LogP) is 3.71. The largest absolute Gasteiger partial charge is 0.461 e. The van der Waals surface area contributed by atoms with Crippen LogP contribution in [-0.2, 0) is 28.0 Å². The van der Waals surface area contributed by atoms with Gasteiger partial charge >= 0.3 is 5.97 Å². The summed E-state index contributed by atoms with van der Waals surface area (Å²) in [6, 6.07) is 5.17. The molecule has 11 heteroatoms. The van der Waals surface area contributed by atoms with Gasteiger partial charge in [0.15, 0.2) is 0 Å². The maximum atomic E-state index is 13.9. The molecule has 0 unspecified atom stereocenters. The number of anilines is 3. The molecule has 0 aromatic carbocycles. The third kappa shape index (κ3) is 6.19. The lowest BCUT2D eigenvalue weighted by molar-refractivity contribution is -0.142. The van der Waals surface area contributed by atoms with Gasteiger partial charge in [0, 0.05) is 63.3 Å². The average molecular weight is 556 g/mol. The zero-order valence-corrected chi connectivity index (χ0v) is 23.3. The Bertz CT molecular complexity index is 1560. The zero-order valence-electron chi connectivity index (χ0n) is 23.3. The van der Waals surface area contributed by atoms with Gasteiger partial charge in [-0.05, 0) is 49.1 Å². The fourth-order valence-electron chi connectivity index (χ4n) is 5.15. The minimum Gasteiger partial charge on any atom is -0.461 e. The van der Waals surface area contributed by atoms with Gasteiger partial charge in [-0.2, -0.15) is 0 Å². The number of esters is 1. The van der Waals surface area contributed by atoms with Crippen molar-refractivity contribution in [2.45, 2.75) is 39.2 Å². The molecule has 0 atom stereocenters. The average Bonchev–Trinajstić information content (AvgIpc) is 3.05. The molecule has 2 aliphatic rings. The lowest BCUT2D eigenvalue weighted by atomic mass is 10.0. The lowest BCUT2D eigenvalue weighted by Crippen LogP contribution is -2.49. The van der Waals surface area contributed by atoms with E-state index in [2.05, 4.69) is 31.7 Å². The second kappa shape index (κ2) is 12.2. The Hall–Kier alpha value is -4.80. The molecule has 0 bridgehead atoms. The maximum Gasteiger partial charge on any atom is 0.302 e. The third-order valence-corrected chi connectivity index (χ3v) is 7.21. The van der Waals surface area contributed by atoms with Gasteiger partial charge in [0.1, 0.15) is 36.0 Å². The predicted molar refractivity (Wildman–Crippen MR) is 155 cm³/mol. The number of fused-ring (bicyclic) bond motifs is 1. The van der Waals surface area contributed by atoms with Gasteiger partial charge in [0.05, 0.1) is 0 Å². The number of amides is 1. The molecule has 0 radical (unpaired) electrons. The molecule has 3 aromatic rings. The number of allylic oxidation sites excluding steroid dienone is 2. The Morgan fingerprint density at radius 3 is 2.73 bits per heavy atom. The molecular weight excluding hydrogens is 522 g/mol. The van der Waals surface area contributed by atoms with Gasteiger partial charge in [0.25, 0.3) is 11.5 Å². The second-order valence-corrected chi connectivity index (χ2v) is 10.2. The van der Waals surface area contributed by atoms with Crippen molar-refractivity contribution in [3.05, 3.63) is 83.0 Å². The summed E-state index contributed by atoms with van der Waals surface area (Å²) in [7, 11) is 1.66. The minimum atomic E-state index is -0.455. The van der Waals surface area contributed by atoms with Crippen molar-refractivity contribution in [3.8, 4) is 11.1 Å². The van der Waals surface area contributed by atoms with Gasteiger partial charge in [-0.1, -0.05) is 18.6 Å². The highest BCUT2D eigenvalue weighted by atomic mass is 16.5. The summed E-state index contributed by atoms with van der Waals surface area (Å²) < 4.78 is 6.92. The van der Waals surface area contributed by atoms with E-state index in [0.717, 1.165) is 37.8 Å². The van der Waals surface area contributed by atoms with E-state index < -0.39 is 5.97 Å². The molecule has 1 fully saturated rings. The molecule has 1 N–H and O–H groups in total. The van der Waals surface area contributed by atoms with Crippen molar-refractivity contribution in [1.82, 2.24) is 24.4 Å². The lowest BCUT2D eigenvalue weighted by Gasteiger charge is -2.37. The molecule has 2 aliphatic heterocycles. The van der Waals surface area contributed by atoms with E-state index in [9.17, 15) is 14.4 Å². The standard InChI is InChI=1S/C30H33N7O4/c1-20-7-5-4-6-12-36-13-14-37(30(40)26(36)15-20)28-24(18-41-21(2)38)23(8-11-32-28)22-16-25(29(39)35(3)17-22)34-27-9-10-31-19-33-27/h8-11,15-17,19H,1,4-7,12-14,18H2,2-3H3,(H,31,33,34)/b26-15-. The van der Waals surface area contributed by atoms with Crippen molar-refractivity contribution in [2.24, 2.45) is 7.05 Å². The Labute approximate surface area is 238 Å². The first-order chi connectivity index (χ1) is 19.8. The highest BCUT2D eigenvalue weighted by Gasteiger charge is 2.33. The molecule has 5 heterocycles. The number of carbonyl (C=O) groups is 2. The fraction of sp³-hybridized carbons (Fsp3) is 0.333. The second-order valence-electron chi connectivity index (χ2n) is 10.2. The topological polar surface area (TPSA) is 123 Å². The van der Waals surface area contributed by atoms with E-state index in [4.69, 9.17) is 4.74 Å². The fourth-order valence-corrected chi connectivity index (χ4v) is 5.15. The Balaban J connectivity index is 1.58. The molecule has 11 nitrogen and oxygen atoms in total. The first-order valence-electron chi connectivity index (χ1n) is 13.6. The van der Waals surface area contributed by atoms with Crippen molar-refractivity contribution < 1.29 is 14.3 Å². The molecule has 0 spiro atoms. The number of rotatable bonds is 6. The normalized spacial score (nSPS) is 17.1. The van der Waals surface area contributed by atoms with Crippen molar-refractivity contribution in [2.75, 3.05) is 29.9 Å². The number of ether oxygens (including phenoxy) is 1. The first kappa shape index (κ1) is 27.8. The summed E-state index contributed by atoms with van der Waals surface area (Å²) in [6.07, 6.45) is 12.2. The number of aromatic nitrogens is 4. The van der Waals surface area contributed by atoms with Crippen LogP contribution >= 0.6 is 0 Å². The van der Waals surface area contributed by atoms with Gasteiger partial charge in [-0.3, -0.25) is 19.3 Å². The SMILES string of the molecule is C=C1/C=C2/C(=O)N(c3nccc(-c4cc(Nc5ccncn5)c(=O)n(C)c4)c3COC(C)=O)CCN2CCCCC1. The molecule has 41 heavy (non-hydrogen) atoms. The van der Waals surface area contributed by atoms with Crippen LogP contribution in [0.5, 0.6) is 0 Å². The molecule has 1 amide bonds. The number of pyridine rings is 2. The summed E-state index contributed by atoms with van der Waals surface area (Å²) in [5.74, 6) is 0.264. The molecule has 1 saturated heterocycles. The van der Waals surface area contributed by atoms with E-state index in [1.165, 1.54) is 17.8 Å². The molecule has 0 saturated carbocycles. The Morgan fingerprint density at radius 1 is 1.10 bits per heavy atom. The molecule has 5 rings (SSSR count).